The van der Waals surface area contributed by atoms with E-state index in [0.29, 0.717) is 24.5 Å². The second-order valence-electron chi connectivity index (χ2n) is 8.59. The number of piperidine rings is 1. The molecule has 1 aliphatic rings. The Hall–Kier alpha value is -3.10. The van der Waals surface area contributed by atoms with E-state index in [4.69, 9.17) is 0 Å². The van der Waals surface area contributed by atoms with Crippen molar-refractivity contribution in [3.8, 4) is 0 Å². The first-order valence-corrected chi connectivity index (χ1v) is 12.9. The number of carbonyl (C=O) groups excluding carboxylic acids is 1. The van der Waals surface area contributed by atoms with Crippen molar-refractivity contribution in [2.75, 3.05) is 19.6 Å². The lowest BCUT2D eigenvalue weighted by molar-refractivity contribution is -0.121. The summed E-state index contributed by atoms with van der Waals surface area (Å²) < 4.78 is 29.4. The molecule has 1 amide bonds. The van der Waals surface area contributed by atoms with E-state index < -0.39 is 10.0 Å². The van der Waals surface area contributed by atoms with Crippen molar-refractivity contribution in [2.24, 2.45) is 0 Å². The third-order valence-corrected chi connectivity index (χ3v) is 8.30. The predicted molar refractivity (Wildman–Crippen MR) is 130 cm³/mol. The fourth-order valence-electron chi connectivity index (χ4n) is 4.62. The molecule has 3 heterocycles. The van der Waals surface area contributed by atoms with Gasteiger partial charge in [-0.15, -0.1) is 0 Å². The molecule has 1 aliphatic heterocycles. The molecule has 0 spiro atoms. The monoisotopic (exact) mass is 464 g/mol. The highest BCUT2D eigenvalue weighted by molar-refractivity contribution is 7.89. The molecule has 1 saturated heterocycles. The number of sulfonamides is 1. The van der Waals surface area contributed by atoms with Gasteiger partial charge in [0.15, 0.2) is 0 Å². The van der Waals surface area contributed by atoms with Crippen LogP contribution in [0.4, 0.5) is 0 Å². The number of hydrogen-bond donors (Lipinski definition) is 2. The minimum absolute atomic E-state index is 0.0719. The van der Waals surface area contributed by atoms with Gasteiger partial charge in [0.2, 0.25) is 15.9 Å². The largest absolute Gasteiger partial charge is 0.361 e. The third-order valence-electron chi connectivity index (χ3n) is 6.40. The number of carbonyl (C=O) groups is 1. The fourth-order valence-corrected chi connectivity index (χ4v) is 6.17. The molecule has 0 aliphatic carbocycles. The molecule has 1 fully saturated rings. The molecule has 0 saturated carbocycles. The number of amides is 1. The summed E-state index contributed by atoms with van der Waals surface area (Å²) in [6, 6.07) is 15.2. The van der Waals surface area contributed by atoms with Crippen LogP contribution in [0.3, 0.4) is 0 Å². The van der Waals surface area contributed by atoms with Crippen LogP contribution in [0.25, 0.3) is 21.8 Å². The average Bonchev–Trinajstić information content (AvgIpc) is 3.43. The number of nitrogens with zero attached hydrogens (tertiary/aromatic N) is 2. The maximum absolute atomic E-state index is 13.0. The van der Waals surface area contributed by atoms with Crippen LogP contribution in [0.1, 0.15) is 24.8 Å². The molecule has 5 rings (SSSR count). The topological polar surface area (TPSA) is 87.2 Å². The lowest BCUT2D eigenvalue weighted by atomic mass is 10.1. The number of aromatic amines is 1. The normalized spacial score (nSPS) is 15.3. The van der Waals surface area contributed by atoms with Crippen molar-refractivity contribution < 1.29 is 13.2 Å². The number of benzene rings is 2. The van der Waals surface area contributed by atoms with Gasteiger partial charge in [0.05, 0.1) is 4.90 Å². The van der Waals surface area contributed by atoms with Crippen LogP contribution in [0, 0.1) is 0 Å². The van der Waals surface area contributed by atoms with Crippen molar-refractivity contribution >= 4 is 37.7 Å². The predicted octanol–water partition coefficient (Wildman–Crippen LogP) is 3.66. The van der Waals surface area contributed by atoms with Gasteiger partial charge < -0.3 is 14.9 Å². The second-order valence-corrected chi connectivity index (χ2v) is 10.5. The Balaban J connectivity index is 1.23. The highest BCUT2D eigenvalue weighted by Crippen LogP contribution is 2.25. The Labute approximate surface area is 193 Å². The van der Waals surface area contributed by atoms with Crippen LogP contribution in [-0.4, -0.2) is 47.8 Å². The molecule has 2 aromatic carbocycles. The standard InChI is InChI=1S/C25H28N4O3S/c30-25(26-12-10-20-17-27-23-7-3-2-6-22(20)23)18-28-15-11-19-16-21(8-9-24(19)28)33(31,32)29-13-4-1-5-14-29/h2-3,6-9,11,15-17,27H,1,4-5,10,12-14,18H2,(H,26,30). The van der Waals surface area contributed by atoms with Gasteiger partial charge in [-0.3, -0.25) is 4.79 Å². The molecule has 33 heavy (non-hydrogen) atoms. The van der Waals surface area contributed by atoms with Crippen molar-refractivity contribution in [1.82, 2.24) is 19.2 Å². The van der Waals surface area contributed by atoms with Gasteiger partial charge >= 0.3 is 0 Å². The summed E-state index contributed by atoms with van der Waals surface area (Å²) in [5, 5.41) is 4.99. The maximum atomic E-state index is 13.0. The Morgan fingerprint density at radius 3 is 2.70 bits per heavy atom. The molecule has 0 unspecified atom stereocenters. The third kappa shape index (κ3) is 4.41. The Kier molecular flexibility index (Phi) is 5.95. The minimum atomic E-state index is -3.47. The van der Waals surface area contributed by atoms with Crippen molar-refractivity contribution in [1.29, 1.82) is 0 Å². The van der Waals surface area contributed by atoms with Gasteiger partial charge in [0.1, 0.15) is 6.54 Å². The van der Waals surface area contributed by atoms with Crippen LogP contribution in [0.2, 0.25) is 0 Å². The molecule has 7 nitrogen and oxygen atoms in total. The molecule has 0 atom stereocenters. The second kappa shape index (κ2) is 9.03. The van der Waals surface area contributed by atoms with Gasteiger partial charge in [0, 0.05) is 53.8 Å². The average molecular weight is 465 g/mol. The first kappa shape index (κ1) is 21.7. The Morgan fingerprint density at radius 1 is 1.03 bits per heavy atom. The van der Waals surface area contributed by atoms with Crippen molar-refractivity contribution in [3.05, 3.63) is 66.5 Å². The summed E-state index contributed by atoms with van der Waals surface area (Å²) in [4.78, 5) is 16.1. The van der Waals surface area contributed by atoms with Crippen LogP contribution in [0.5, 0.6) is 0 Å². The van der Waals surface area contributed by atoms with Crippen LogP contribution < -0.4 is 5.32 Å². The van der Waals surface area contributed by atoms with Crippen LogP contribution >= 0.6 is 0 Å². The van der Waals surface area contributed by atoms with E-state index in [2.05, 4.69) is 16.4 Å². The summed E-state index contributed by atoms with van der Waals surface area (Å²) in [6.07, 6.45) is 7.48. The number of rotatable bonds is 7. The van der Waals surface area contributed by atoms with Gasteiger partial charge in [-0.05, 0) is 55.2 Å². The van der Waals surface area contributed by atoms with E-state index in [9.17, 15) is 13.2 Å². The number of para-hydroxylation sites is 1. The molecule has 2 aromatic heterocycles. The lowest BCUT2D eigenvalue weighted by Crippen LogP contribution is -2.35. The summed E-state index contributed by atoms with van der Waals surface area (Å²) in [7, 11) is -3.47. The molecular formula is C25H28N4O3S. The zero-order chi connectivity index (χ0) is 22.8. The van der Waals surface area contributed by atoms with E-state index in [-0.39, 0.29) is 12.5 Å². The van der Waals surface area contributed by atoms with Gasteiger partial charge in [-0.25, -0.2) is 8.42 Å². The molecule has 0 radical (unpaired) electrons. The molecule has 4 aromatic rings. The Morgan fingerprint density at radius 2 is 1.85 bits per heavy atom. The summed E-state index contributed by atoms with van der Waals surface area (Å²) in [6.45, 7) is 1.91. The van der Waals surface area contributed by atoms with E-state index in [1.54, 1.807) is 22.5 Å². The van der Waals surface area contributed by atoms with Gasteiger partial charge in [-0.1, -0.05) is 24.6 Å². The molecule has 8 heteroatoms. The number of fused-ring (bicyclic) bond motifs is 2. The molecule has 0 bridgehead atoms. The molecule has 172 valence electrons. The summed E-state index contributed by atoms with van der Waals surface area (Å²) in [5.41, 5.74) is 3.12. The highest BCUT2D eigenvalue weighted by atomic mass is 32.2. The van der Waals surface area contributed by atoms with Gasteiger partial charge in [0.25, 0.3) is 0 Å². The summed E-state index contributed by atoms with van der Waals surface area (Å²) in [5.74, 6) is -0.0719. The lowest BCUT2D eigenvalue weighted by Gasteiger charge is -2.25. The quantitative estimate of drug-likeness (QED) is 0.438. The zero-order valence-electron chi connectivity index (χ0n) is 18.5. The van der Waals surface area contributed by atoms with Crippen LogP contribution in [-0.2, 0) is 27.8 Å². The smallest absolute Gasteiger partial charge is 0.243 e. The zero-order valence-corrected chi connectivity index (χ0v) is 19.3. The Bertz CT molecular complexity index is 1400. The minimum Gasteiger partial charge on any atom is -0.361 e. The number of aromatic nitrogens is 2. The first-order valence-electron chi connectivity index (χ1n) is 11.4. The summed E-state index contributed by atoms with van der Waals surface area (Å²) >= 11 is 0. The number of hydrogen-bond acceptors (Lipinski definition) is 3. The van der Waals surface area contributed by atoms with Gasteiger partial charge in [-0.2, -0.15) is 4.31 Å². The van der Waals surface area contributed by atoms with E-state index >= 15 is 0 Å². The van der Waals surface area contributed by atoms with Crippen LogP contribution in [0.15, 0.2) is 65.8 Å². The van der Waals surface area contributed by atoms with E-state index in [1.807, 2.05) is 41.2 Å². The molecular weight excluding hydrogens is 436 g/mol. The van der Waals surface area contributed by atoms with Crippen molar-refractivity contribution in [3.63, 3.8) is 0 Å². The first-order chi connectivity index (χ1) is 16.0. The highest BCUT2D eigenvalue weighted by Gasteiger charge is 2.26. The van der Waals surface area contributed by atoms with Crippen molar-refractivity contribution in [2.45, 2.75) is 37.1 Å². The fraction of sp³-hybridized carbons (Fsp3) is 0.320. The number of nitrogens with one attached hydrogen (secondary N) is 2. The number of H-pyrrole nitrogens is 1. The molecule has 2 N–H and O–H groups in total. The van der Waals surface area contributed by atoms with E-state index in [0.717, 1.165) is 42.1 Å². The maximum Gasteiger partial charge on any atom is 0.243 e. The van der Waals surface area contributed by atoms with E-state index in [1.165, 1.54) is 10.9 Å². The SMILES string of the molecule is O=C(Cn1ccc2cc(S(=O)(=O)N3CCCCC3)ccc21)NCCc1c[nH]c2ccccc12.